The van der Waals surface area contributed by atoms with Crippen LogP contribution in [0.25, 0.3) is 0 Å². The topological polar surface area (TPSA) is 21.3 Å². The minimum absolute atomic E-state index is 0.772. The minimum atomic E-state index is 0.772. The highest BCUT2D eigenvalue weighted by atomic mass is 16.5. The quantitative estimate of drug-likeness (QED) is 0.692. The summed E-state index contributed by atoms with van der Waals surface area (Å²) in [6.45, 7) is 4.29. The largest absolute Gasteiger partial charge is 0.381 e. The Balaban J connectivity index is 1.55. The molecule has 2 unspecified atom stereocenters. The minimum Gasteiger partial charge on any atom is -0.381 e. The number of ether oxygens (including phenoxy) is 1. The Kier molecular flexibility index (Phi) is 4.02. The molecule has 0 amide bonds. The van der Waals surface area contributed by atoms with E-state index in [2.05, 4.69) is 17.5 Å². The van der Waals surface area contributed by atoms with E-state index in [9.17, 15) is 0 Å². The van der Waals surface area contributed by atoms with Gasteiger partial charge in [-0.2, -0.15) is 0 Å². The molecule has 0 aromatic heterocycles. The molecule has 0 aromatic rings. The summed E-state index contributed by atoms with van der Waals surface area (Å²) in [5.74, 6) is 1.65. The van der Waals surface area contributed by atoms with Crippen LogP contribution in [-0.2, 0) is 4.74 Å². The zero-order valence-electron chi connectivity index (χ0n) is 8.87. The Morgan fingerprint density at radius 3 is 2.79 bits per heavy atom. The molecular weight excluding hydrogens is 174 g/mol. The van der Waals surface area contributed by atoms with Crippen LogP contribution in [0.3, 0.4) is 0 Å². The van der Waals surface area contributed by atoms with Gasteiger partial charge in [-0.25, -0.2) is 0 Å². The first-order valence-corrected chi connectivity index (χ1v) is 5.88. The van der Waals surface area contributed by atoms with Gasteiger partial charge < -0.3 is 10.1 Å². The van der Waals surface area contributed by atoms with Crippen LogP contribution in [0.1, 0.15) is 25.7 Å². The first-order valence-electron chi connectivity index (χ1n) is 5.88. The molecule has 1 fully saturated rings. The van der Waals surface area contributed by atoms with E-state index >= 15 is 0 Å². The number of hydrogen-bond donors (Lipinski definition) is 1. The van der Waals surface area contributed by atoms with Crippen molar-refractivity contribution in [3.63, 3.8) is 0 Å². The molecule has 1 N–H and O–H groups in total. The van der Waals surface area contributed by atoms with E-state index in [0.717, 1.165) is 31.6 Å². The van der Waals surface area contributed by atoms with Crippen LogP contribution < -0.4 is 5.32 Å². The van der Waals surface area contributed by atoms with E-state index in [1.165, 1.54) is 32.2 Å². The van der Waals surface area contributed by atoms with Crippen molar-refractivity contribution < 1.29 is 4.74 Å². The second kappa shape index (κ2) is 5.52. The van der Waals surface area contributed by atoms with E-state index in [4.69, 9.17) is 4.74 Å². The number of hydrogen-bond acceptors (Lipinski definition) is 2. The Labute approximate surface area is 86.7 Å². The third-order valence-corrected chi connectivity index (χ3v) is 3.27. The molecule has 2 rings (SSSR count). The molecule has 2 nitrogen and oxygen atoms in total. The Bertz CT molecular complexity index is 185. The highest BCUT2D eigenvalue weighted by molar-refractivity contribution is 4.90. The van der Waals surface area contributed by atoms with E-state index < -0.39 is 0 Å². The van der Waals surface area contributed by atoms with Crippen molar-refractivity contribution in [1.29, 1.82) is 0 Å². The van der Waals surface area contributed by atoms with Gasteiger partial charge >= 0.3 is 0 Å². The molecule has 1 aliphatic heterocycles. The molecule has 0 bridgehead atoms. The van der Waals surface area contributed by atoms with Crippen LogP contribution in [0.15, 0.2) is 12.2 Å². The second-order valence-electron chi connectivity index (χ2n) is 4.54. The van der Waals surface area contributed by atoms with E-state index in [1.54, 1.807) is 0 Å². The van der Waals surface area contributed by atoms with Gasteiger partial charge in [0.1, 0.15) is 0 Å². The van der Waals surface area contributed by atoms with Gasteiger partial charge in [0.15, 0.2) is 0 Å². The van der Waals surface area contributed by atoms with Gasteiger partial charge in [-0.3, -0.25) is 0 Å². The third kappa shape index (κ3) is 3.10. The molecule has 0 spiro atoms. The summed E-state index contributed by atoms with van der Waals surface area (Å²) >= 11 is 0. The highest BCUT2D eigenvalue weighted by Crippen LogP contribution is 2.17. The van der Waals surface area contributed by atoms with Crippen LogP contribution in [-0.4, -0.2) is 26.3 Å². The van der Waals surface area contributed by atoms with Crippen molar-refractivity contribution in [1.82, 2.24) is 5.32 Å². The van der Waals surface area contributed by atoms with Crippen LogP contribution in [0.4, 0.5) is 0 Å². The van der Waals surface area contributed by atoms with Crippen molar-refractivity contribution in [3.8, 4) is 0 Å². The molecule has 1 saturated heterocycles. The SMILES string of the molecule is C1=CCC(CNCC2CCOC2)CC1. The van der Waals surface area contributed by atoms with Gasteiger partial charge in [-0.05, 0) is 44.1 Å². The summed E-state index contributed by atoms with van der Waals surface area (Å²) in [5, 5.41) is 3.58. The van der Waals surface area contributed by atoms with Gasteiger partial charge in [0.05, 0.1) is 6.61 Å². The molecule has 0 aromatic carbocycles. The predicted molar refractivity (Wildman–Crippen MR) is 58.3 cm³/mol. The molecule has 2 heteroatoms. The number of nitrogens with one attached hydrogen (secondary N) is 1. The Hall–Kier alpha value is -0.340. The zero-order valence-corrected chi connectivity index (χ0v) is 8.87. The average Bonchev–Trinajstić information content (AvgIpc) is 2.72. The highest BCUT2D eigenvalue weighted by Gasteiger charge is 2.16. The zero-order chi connectivity index (χ0) is 9.64. The molecule has 80 valence electrons. The molecule has 14 heavy (non-hydrogen) atoms. The average molecular weight is 195 g/mol. The Morgan fingerprint density at radius 2 is 2.07 bits per heavy atom. The lowest BCUT2D eigenvalue weighted by molar-refractivity contribution is 0.185. The van der Waals surface area contributed by atoms with Crippen molar-refractivity contribution in [2.45, 2.75) is 25.7 Å². The smallest absolute Gasteiger partial charge is 0.0507 e. The Morgan fingerprint density at radius 1 is 1.14 bits per heavy atom. The van der Waals surface area contributed by atoms with Gasteiger partial charge in [-0.15, -0.1) is 0 Å². The summed E-state index contributed by atoms with van der Waals surface area (Å²) in [4.78, 5) is 0. The molecule has 2 atom stereocenters. The first kappa shape index (κ1) is 10.2. The molecule has 1 aliphatic carbocycles. The van der Waals surface area contributed by atoms with Gasteiger partial charge in [0.25, 0.3) is 0 Å². The van der Waals surface area contributed by atoms with Crippen LogP contribution in [0, 0.1) is 11.8 Å². The maximum atomic E-state index is 5.35. The van der Waals surface area contributed by atoms with Gasteiger partial charge in [-0.1, -0.05) is 12.2 Å². The fraction of sp³-hybridized carbons (Fsp3) is 0.833. The van der Waals surface area contributed by atoms with Crippen molar-refractivity contribution in [3.05, 3.63) is 12.2 Å². The maximum absolute atomic E-state index is 5.35. The summed E-state index contributed by atoms with van der Waals surface area (Å²) in [5.41, 5.74) is 0. The fourth-order valence-electron chi connectivity index (χ4n) is 2.28. The summed E-state index contributed by atoms with van der Waals surface area (Å²) in [6, 6.07) is 0. The van der Waals surface area contributed by atoms with Crippen LogP contribution in [0.5, 0.6) is 0 Å². The lowest BCUT2D eigenvalue weighted by Gasteiger charge is -2.19. The van der Waals surface area contributed by atoms with E-state index in [-0.39, 0.29) is 0 Å². The predicted octanol–water partition coefficient (Wildman–Crippen LogP) is 1.97. The first-order chi connectivity index (χ1) is 6.95. The van der Waals surface area contributed by atoms with E-state index in [1.807, 2.05) is 0 Å². The number of allylic oxidation sites excluding steroid dienone is 2. The summed E-state index contributed by atoms with van der Waals surface area (Å²) < 4.78 is 5.35. The third-order valence-electron chi connectivity index (χ3n) is 3.27. The van der Waals surface area contributed by atoms with Crippen molar-refractivity contribution in [2.24, 2.45) is 11.8 Å². The van der Waals surface area contributed by atoms with Crippen molar-refractivity contribution in [2.75, 3.05) is 26.3 Å². The second-order valence-corrected chi connectivity index (χ2v) is 4.54. The monoisotopic (exact) mass is 195 g/mol. The lowest BCUT2D eigenvalue weighted by Crippen LogP contribution is -2.28. The number of rotatable bonds is 4. The maximum Gasteiger partial charge on any atom is 0.0507 e. The van der Waals surface area contributed by atoms with Crippen LogP contribution >= 0.6 is 0 Å². The van der Waals surface area contributed by atoms with Crippen LogP contribution in [0.2, 0.25) is 0 Å². The van der Waals surface area contributed by atoms with Crippen molar-refractivity contribution >= 4 is 0 Å². The lowest BCUT2D eigenvalue weighted by atomic mass is 9.94. The van der Waals surface area contributed by atoms with Gasteiger partial charge in [0, 0.05) is 13.2 Å². The molecule has 0 saturated carbocycles. The summed E-state index contributed by atoms with van der Waals surface area (Å²) in [7, 11) is 0. The normalized spacial score (nSPS) is 32.3. The standard InChI is InChI=1S/C12H21NO/c1-2-4-11(5-3-1)8-13-9-12-6-7-14-10-12/h1-2,11-13H,3-10H2. The molecular formula is C12H21NO. The molecule has 2 aliphatic rings. The summed E-state index contributed by atoms with van der Waals surface area (Å²) in [6.07, 6.45) is 9.80. The molecule has 1 heterocycles. The van der Waals surface area contributed by atoms with Gasteiger partial charge in [0.2, 0.25) is 0 Å². The van der Waals surface area contributed by atoms with E-state index in [0.29, 0.717) is 0 Å². The molecule has 0 radical (unpaired) electrons. The fourth-order valence-corrected chi connectivity index (χ4v) is 2.28.